The van der Waals surface area contributed by atoms with E-state index in [-0.39, 0.29) is 11.1 Å². The molecule has 1 aromatic rings. The number of hydrogen-bond donors (Lipinski definition) is 0. The molecule has 0 amide bonds. The standard InChI is InChI=1S/C12H8F4O3/c1-6(17)11(12(14,15)16)5-7-4-8(13)2-3-9(7)10(18)19-11/h2-4H,5H2,1H3. The molecule has 0 aromatic heterocycles. The Kier molecular flexibility index (Phi) is 2.87. The number of alkyl halides is 3. The molecule has 19 heavy (non-hydrogen) atoms. The van der Waals surface area contributed by atoms with Crippen LogP contribution in [0, 0.1) is 5.82 Å². The Morgan fingerprint density at radius 2 is 2.00 bits per heavy atom. The Morgan fingerprint density at radius 3 is 2.53 bits per heavy atom. The molecule has 0 N–H and O–H groups in total. The van der Waals surface area contributed by atoms with Crippen molar-refractivity contribution in [2.45, 2.75) is 25.1 Å². The fourth-order valence-corrected chi connectivity index (χ4v) is 1.98. The molecule has 3 nitrogen and oxygen atoms in total. The SMILES string of the molecule is CC(=O)C1(C(F)(F)F)Cc2cc(F)ccc2C(=O)O1. The average molecular weight is 276 g/mol. The summed E-state index contributed by atoms with van der Waals surface area (Å²) in [5.74, 6) is -3.41. The van der Waals surface area contributed by atoms with E-state index in [1.807, 2.05) is 0 Å². The summed E-state index contributed by atoms with van der Waals surface area (Å²) in [6.07, 6.45) is -5.97. The molecule has 0 bridgehead atoms. The highest BCUT2D eigenvalue weighted by Gasteiger charge is 2.63. The van der Waals surface area contributed by atoms with Gasteiger partial charge in [-0.3, -0.25) is 4.79 Å². The molecule has 7 heteroatoms. The highest BCUT2D eigenvalue weighted by Crippen LogP contribution is 2.41. The van der Waals surface area contributed by atoms with Crippen LogP contribution in [0.15, 0.2) is 18.2 Å². The highest BCUT2D eigenvalue weighted by molar-refractivity contribution is 5.98. The maximum Gasteiger partial charge on any atom is 0.436 e. The molecule has 0 saturated heterocycles. The van der Waals surface area contributed by atoms with E-state index in [0.717, 1.165) is 18.2 Å². The highest BCUT2D eigenvalue weighted by atomic mass is 19.4. The van der Waals surface area contributed by atoms with Crippen molar-refractivity contribution < 1.29 is 31.9 Å². The number of esters is 1. The van der Waals surface area contributed by atoms with Gasteiger partial charge in [0.2, 0.25) is 0 Å². The number of hydrogen-bond acceptors (Lipinski definition) is 3. The maximum absolute atomic E-state index is 13.1. The number of halogens is 4. The summed E-state index contributed by atoms with van der Waals surface area (Å²) in [5.41, 5.74) is -3.59. The predicted octanol–water partition coefficient (Wildman–Crippen LogP) is 2.43. The van der Waals surface area contributed by atoms with Crippen molar-refractivity contribution in [1.82, 2.24) is 0 Å². The Morgan fingerprint density at radius 1 is 1.37 bits per heavy atom. The van der Waals surface area contributed by atoms with Crippen molar-refractivity contribution in [3.05, 3.63) is 35.1 Å². The van der Waals surface area contributed by atoms with Crippen molar-refractivity contribution >= 4 is 11.8 Å². The van der Waals surface area contributed by atoms with Crippen molar-refractivity contribution in [2.75, 3.05) is 0 Å². The largest absolute Gasteiger partial charge is 0.437 e. The number of Topliss-reactive ketones (excluding diaryl/α,β-unsaturated/α-hetero) is 1. The van der Waals surface area contributed by atoms with Gasteiger partial charge in [-0.05, 0) is 30.7 Å². The number of benzene rings is 1. The van der Waals surface area contributed by atoms with Gasteiger partial charge in [-0.1, -0.05) is 0 Å². The number of ether oxygens (including phenoxy) is 1. The maximum atomic E-state index is 13.1. The molecule has 1 aromatic carbocycles. The molecule has 0 saturated carbocycles. The van der Waals surface area contributed by atoms with Crippen molar-refractivity contribution in [2.24, 2.45) is 0 Å². The molecule has 102 valence electrons. The van der Waals surface area contributed by atoms with E-state index in [1.54, 1.807) is 0 Å². The third-order valence-corrected chi connectivity index (χ3v) is 3.02. The zero-order valence-corrected chi connectivity index (χ0v) is 9.68. The van der Waals surface area contributed by atoms with E-state index in [9.17, 15) is 27.2 Å². The van der Waals surface area contributed by atoms with Crippen molar-refractivity contribution in [3.8, 4) is 0 Å². The normalized spacial score (nSPS) is 22.7. The second-order valence-corrected chi connectivity index (χ2v) is 4.25. The van der Waals surface area contributed by atoms with Crippen LogP contribution in [0.1, 0.15) is 22.8 Å². The second-order valence-electron chi connectivity index (χ2n) is 4.25. The molecule has 1 atom stereocenters. The smallest absolute Gasteiger partial charge is 0.436 e. The van der Waals surface area contributed by atoms with Crippen LogP contribution in [-0.2, 0) is 16.0 Å². The summed E-state index contributed by atoms with van der Waals surface area (Å²) < 4.78 is 56.5. The van der Waals surface area contributed by atoms with Crippen LogP contribution in [-0.4, -0.2) is 23.5 Å². The van der Waals surface area contributed by atoms with Crippen molar-refractivity contribution in [1.29, 1.82) is 0 Å². The van der Waals surface area contributed by atoms with E-state index in [2.05, 4.69) is 4.74 Å². The average Bonchev–Trinajstić information content (AvgIpc) is 2.26. The summed E-state index contributed by atoms with van der Waals surface area (Å²) >= 11 is 0. The lowest BCUT2D eigenvalue weighted by Gasteiger charge is -2.36. The topological polar surface area (TPSA) is 43.4 Å². The molecule has 0 fully saturated rings. The van der Waals surface area contributed by atoms with Crippen LogP contribution >= 0.6 is 0 Å². The summed E-state index contributed by atoms with van der Waals surface area (Å²) in [6, 6.07) is 2.78. The summed E-state index contributed by atoms with van der Waals surface area (Å²) in [6.45, 7) is 0.686. The van der Waals surface area contributed by atoms with E-state index in [0.29, 0.717) is 6.92 Å². The van der Waals surface area contributed by atoms with Crippen LogP contribution in [0.4, 0.5) is 17.6 Å². The molecule has 0 aliphatic carbocycles. The zero-order chi connectivity index (χ0) is 14.4. The van der Waals surface area contributed by atoms with Gasteiger partial charge in [0.15, 0.2) is 5.78 Å². The van der Waals surface area contributed by atoms with Crippen LogP contribution < -0.4 is 0 Å². The van der Waals surface area contributed by atoms with Crippen molar-refractivity contribution in [3.63, 3.8) is 0 Å². The molecule has 0 radical (unpaired) electrons. The van der Waals surface area contributed by atoms with Gasteiger partial charge in [0.1, 0.15) is 5.82 Å². The van der Waals surface area contributed by atoms with Gasteiger partial charge in [0.05, 0.1) is 5.56 Å². The molecule has 0 spiro atoms. The van der Waals surface area contributed by atoms with Gasteiger partial charge < -0.3 is 4.74 Å². The Hall–Kier alpha value is -1.92. The predicted molar refractivity (Wildman–Crippen MR) is 55.0 cm³/mol. The number of carbonyl (C=O) groups is 2. The molecule has 1 aliphatic rings. The minimum atomic E-state index is -5.06. The van der Waals surface area contributed by atoms with E-state index < -0.39 is 35.8 Å². The quantitative estimate of drug-likeness (QED) is 0.584. The first-order chi connectivity index (χ1) is 8.67. The lowest BCUT2D eigenvalue weighted by atomic mass is 9.85. The minimum absolute atomic E-state index is 0.164. The summed E-state index contributed by atoms with van der Waals surface area (Å²) in [5, 5.41) is 0. The molecule has 1 heterocycles. The Bertz CT molecular complexity index is 565. The first kappa shape index (κ1) is 13.5. The van der Waals surface area contributed by atoms with E-state index >= 15 is 0 Å². The number of fused-ring (bicyclic) bond motifs is 1. The Balaban J connectivity index is 2.60. The second kappa shape index (κ2) is 4.04. The van der Waals surface area contributed by atoms with Crippen LogP contribution in [0.2, 0.25) is 0 Å². The first-order valence-electron chi connectivity index (χ1n) is 5.27. The van der Waals surface area contributed by atoms with Crippen LogP contribution in [0.25, 0.3) is 0 Å². The van der Waals surface area contributed by atoms with Gasteiger partial charge in [0, 0.05) is 6.42 Å². The van der Waals surface area contributed by atoms with E-state index in [4.69, 9.17) is 0 Å². The molecule has 1 unspecified atom stereocenters. The van der Waals surface area contributed by atoms with E-state index in [1.165, 1.54) is 0 Å². The van der Waals surface area contributed by atoms with Gasteiger partial charge in [-0.25, -0.2) is 9.18 Å². The fourth-order valence-electron chi connectivity index (χ4n) is 1.98. The molecule has 1 aliphatic heterocycles. The molecular formula is C12H8F4O3. The lowest BCUT2D eigenvalue weighted by molar-refractivity contribution is -0.250. The van der Waals surface area contributed by atoms with Gasteiger partial charge in [0.25, 0.3) is 5.60 Å². The Labute approximate surface area is 105 Å². The van der Waals surface area contributed by atoms with Gasteiger partial charge >= 0.3 is 12.1 Å². The lowest BCUT2D eigenvalue weighted by Crippen LogP contribution is -2.58. The molecular weight excluding hydrogens is 268 g/mol. The third kappa shape index (κ3) is 1.98. The zero-order valence-electron chi connectivity index (χ0n) is 9.68. The fraction of sp³-hybridized carbons (Fsp3) is 0.333. The van der Waals surface area contributed by atoms with Crippen LogP contribution in [0.5, 0.6) is 0 Å². The summed E-state index contributed by atoms with van der Waals surface area (Å²) in [7, 11) is 0. The van der Waals surface area contributed by atoms with Gasteiger partial charge in [-0.15, -0.1) is 0 Å². The number of cyclic esters (lactones) is 1. The number of ketones is 1. The first-order valence-corrected chi connectivity index (χ1v) is 5.27. The number of carbonyl (C=O) groups excluding carboxylic acids is 2. The number of rotatable bonds is 1. The van der Waals surface area contributed by atoms with Crippen LogP contribution in [0.3, 0.4) is 0 Å². The summed E-state index contributed by atoms with van der Waals surface area (Å²) in [4.78, 5) is 22.9. The molecule has 2 rings (SSSR count). The van der Waals surface area contributed by atoms with Gasteiger partial charge in [-0.2, -0.15) is 13.2 Å². The monoisotopic (exact) mass is 276 g/mol. The minimum Gasteiger partial charge on any atom is -0.437 e. The third-order valence-electron chi connectivity index (χ3n) is 3.02.